The molecule has 0 saturated carbocycles. The second-order valence-electron chi connectivity index (χ2n) is 4.16. The highest BCUT2D eigenvalue weighted by molar-refractivity contribution is 9.10. The maximum absolute atomic E-state index is 10.8. The highest BCUT2D eigenvalue weighted by Crippen LogP contribution is 2.32. The first-order chi connectivity index (χ1) is 8.41. The molecule has 1 unspecified atom stereocenters. The molecule has 18 heavy (non-hydrogen) atoms. The Hall–Kier alpha value is -1.04. The number of benzene rings is 1. The molecule has 1 aromatic heterocycles. The zero-order valence-corrected chi connectivity index (χ0v) is 12.0. The average Bonchev–Trinajstić information content (AvgIpc) is 2.62. The van der Waals surface area contributed by atoms with Gasteiger partial charge in [0, 0.05) is 16.8 Å². The number of hydrogen-bond donors (Lipinski definition) is 3. The van der Waals surface area contributed by atoms with Crippen LogP contribution >= 0.6 is 27.5 Å². The number of aromatic nitrogens is 1. The van der Waals surface area contributed by atoms with E-state index < -0.39 is 12.0 Å². The van der Waals surface area contributed by atoms with Crippen molar-refractivity contribution in [2.75, 3.05) is 0 Å². The number of nitrogens with two attached hydrogens (primary N) is 1. The minimum atomic E-state index is -1.01. The van der Waals surface area contributed by atoms with Gasteiger partial charge in [-0.25, -0.2) is 0 Å². The molecular formula is C12H12BrClN2O2. The smallest absolute Gasteiger partial charge is 0.320 e. The lowest BCUT2D eigenvalue weighted by molar-refractivity contribution is -0.138. The molecule has 4 N–H and O–H groups in total. The number of H-pyrrole nitrogens is 1. The van der Waals surface area contributed by atoms with E-state index in [2.05, 4.69) is 20.9 Å². The molecule has 4 nitrogen and oxygen atoms in total. The fraction of sp³-hybridized carbons (Fsp3) is 0.250. The Bertz CT molecular complexity index is 624. The second kappa shape index (κ2) is 4.91. The van der Waals surface area contributed by atoms with E-state index in [1.54, 1.807) is 6.07 Å². The Morgan fingerprint density at radius 2 is 2.28 bits per heavy atom. The molecule has 2 aromatic rings. The molecule has 0 radical (unpaired) electrons. The standard InChI is InChI=1S/C12H12BrClN2O2/c1-5-8(14)3-2-6-7(4-9(15)12(17)18)11(13)16-10(5)6/h2-3,9,16H,4,15H2,1H3,(H,17,18). The lowest BCUT2D eigenvalue weighted by Crippen LogP contribution is -2.32. The van der Waals surface area contributed by atoms with Crippen molar-refractivity contribution in [3.63, 3.8) is 0 Å². The quantitative estimate of drug-likeness (QED) is 0.809. The number of aliphatic carboxylic acids is 1. The van der Waals surface area contributed by atoms with Crippen LogP contribution in [-0.2, 0) is 11.2 Å². The van der Waals surface area contributed by atoms with E-state index in [1.807, 2.05) is 13.0 Å². The average molecular weight is 332 g/mol. The molecule has 0 fully saturated rings. The zero-order chi connectivity index (χ0) is 13.4. The summed E-state index contributed by atoms with van der Waals surface area (Å²) in [5.41, 5.74) is 8.28. The summed E-state index contributed by atoms with van der Waals surface area (Å²) in [6.45, 7) is 1.91. The first kappa shape index (κ1) is 13.4. The van der Waals surface area contributed by atoms with Gasteiger partial charge in [-0.15, -0.1) is 0 Å². The van der Waals surface area contributed by atoms with Crippen LogP contribution in [0.5, 0.6) is 0 Å². The molecule has 1 atom stereocenters. The van der Waals surface area contributed by atoms with Crippen molar-refractivity contribution >= 4 is 44.4 Å². The summed E-state index contributed by atoms with van der Waals surface area (Å²) >= 11 is 9.45. The van der Waals surface area contributed by atoms with Crippen molar-refractivity contribution in [1.82, 2.24) is 4.98 Å². The maximum Gasteiger partial charge on any atom is 0.320 e. The Morgan fingerprint density at radius 3 is 2.89 bits per heavy atom. The van der Waals surface area contributed by atoms with Crippen LogP contribution in [0.1, 0.15) is 11.1 Å². The molecule has 1 heterocycles. The third kappa shape index (κ3) is 2.25. The Kier molecular flexibility index (Phi) is 3.66. The molecule has 0 amide bonds. The summed E-state index contributed by atoms with van der Waals surface area (Å²) in [5.74, 6) is -1.01. The van der Waals surface area contributed by atoms with Gasteiger partial charge in [0.15, 0.2) is 0 Å². The van der Waals surface area contributed by atoms with Gasteiger partial charge in [-0.3, -0.25) is 4.79 Å². The maximum atomic E-state index is 10.8. The number of nitrogens with one attached hydrogen (secondary N) is 1. The van der Waals surface area contributed by atoms with E-state index in [4.69, 9.17) is 22.4 Å². The Labute approximate surface area is 117 Å². The van der Waals surface area contributed by atoms with Crippen LogP contribution in [0.4, 0.5) is 0 Å². The molecule has 96 valence electrons. The molecule has 0 saturated heterocycles. The predicted octanol–water partition coefficient (Wildman–Crippen LogP) is 2.85. The number of fused-ring (bicyclic) bond motifs is 1. The van der Waals surface area contributed by atoms with Crippen molar-refractivity contribution in [3.05, 3.63) is 32.9 Å². The van der Waals surface area contributed by atoms with Crippen LogP contribution < -0.4 is 5.73 Å². The third-order valence-corrected chi connectivity index (χ3v) is 4.05. The summed E-state index contributed by atoms with van der Waals surface area (Å²) in [5, 5.41) is 10.5. The highest BCUT2D eigenvalue weighted by atomic mass is 79.9. The Balaban J connectivity index is 2.55. The van der Waals surface area contributed by atoms with Crippen molar-refractivity contribution in [2.24, 2.45) is 5.73 Å². The minimum absolute atomic E-state index is 0.261. The number of carboxylic acid groups (broad SMARTS) is 1. The van der Waals surface area contributed by atoms with E-state index in [0.29, 0.717) is 5.02 Å². The lowest BCUT2D eigenvalue weighted by Gasteiger charge is -2.06. The molecule has 0 bridgehead atoms. The van der Waals surface area contributed by atoms with Gasteiger partial charge in [0.1, 0.15) is 6.04 Å². The number of aryl methyl sites for hydroxylation is 1. The predicted molar refractivity (Wildman–Crippen MR) is 75.1 cm³/mol. The molecule has 0 aliphatic carbocycles. The van der Waals surface area contributed by atoms with Crippen molar-refractivity contribution < 1.29 is 9.90 Å². The third-order valence-electron chi connectivity index (χ3n) is 2.96. The van der Waals surface area contributed by atoms with E-state index in [0.717, 1.165) is 26.6 Å². The summed E-state index contributed by atoms with van der Waals surface area (Å²) in [7, 11) is 0. The SMILES string of the molecule is Cc1c(Cl)ccc2c(CC(N)C(=O)O)c(Br)[nH]c12. The van der Waals surface area contributed by atoms with Gasteiger partial charge >= 0.3 is 5.97 Å². The van der Waals surface area contributed by atoms with Crippen molar-refractivity contribution in [3.8, 4) is 0 Å². The van der Waals surface area contributed by atoms with E-state index in [-0.39, 0.29) is 6.42 Å². The lowest BCUT2D eigenvalue weighted by atomic mass is 10.0. The summed E-state index contributed by atoms with van der Waals surface area (Å²) < 4.78 is 0.750. The summed E-state index contributed by atoms with van der Waals surface area (Å²) in [4.78, 5) is 14.0. The molecule has 0 spiro atoms. The van der Waals surface area contributed by atoms with Crippen LogP contribution in [0.2, 0.25) is 5.02 Å². The van der Waals surface area contributed by atoms with Crippen LogP contribution in [0.15, 0.2) is 16.7 Å². The van der Waals surface area contributed by atoms with Crippen LogP contribution in [0.25, 0.3) is 10.9 Å². The molecule has 2 rings (SSSR count). The second-order valence-corrected chi connectivity index (χ2v) is 5.36. The van der Waals surface area contributed by atoms with Crippen molar-refractivity contribution in [1.29, 1.82) is 0 Å². The largest absolute Gasteiger partial charge is 0.480 e. The number of carboxylic acids is 1. The minimum Gasteiger partial charge on any atom is -0.480 e. The number of aromatic amines is 1. The number of rotatable bonds is 3. The molecule has 0 aliphatic heterocycles. The first-order valence-electron chi connectivity index (χ1n) is 5.35. The number of hydrogen-bond acceptors (Lipinski definition) is 2. The van der Waals surface area contributed by atoms with Gasteiger partial charge in [0.2, 0.25) is 0 Å². The summed E-state index contributed by atoms with van der Waals surface area (Å²) in [6, 6.07) is 2.75. The van der Waals surface area contributed by atoms with Gasteiger partial charge in [-0.1, -0.05) is 17.7 Å². The zero-order valence-electron chi connectivity index (χ0n) is 9.63. The molecule has 6 heteroatoms. The van der Waals surface area contributed by atoms with Crippen molar-refractivity contribution in [2.45, 2.75) is 19.4 Å². The molecule has 1 aromatic carbocycles. The highest BCUT2D eigenvalue weighted by Gasteiger charge is 2.18. The Morgan fingerprint density at radius 1 is 1.61 bits per heavy atom. The van der Waals surface area contributed by atoms with Gasteiger partial charge in [-0.2, -0.15) is 0 Å². The monoisotopic (exact) mass is 330 g/mol. The van der Waals surface area contributed by atoms with Gasteiger partial charge in [-0.05, 0) is 40.0 Å². The first-order valence-corrected chi connectivity index (χ1v) is 6.52. The molecular weight excluding hydrogens is 320 g/mol. The van der Waals surface area contributed by atoms with Crippen LogP contribution in [0, 0.1) is 6.92 Å². The van der Waals surface area contributed by atoms with Crippen LogP contribution in [0.3, 0.4) is 0 Å². The number of halogens is 2. The van der Waals surface area contributed by atoms with Gasteiger partial charge < -0.3 is 15.8 Å². The van der Waals surface area contributed by atoms with Gasteiger partial charge in [0.25, 0.3) is 0 Å². The van der Waals surface area contributed by atoms with Gasteiger partial charge in [0.05, 0.1) is 10.1 Å². The van der Waals surface area contributed by atoms with E-state index >= 15 is 0 Å². The number of carbonyl (C=O) groups is 1. The van der Waals surface area contributed by atoms with E-state index in [9.17, 15) is 4.79 Å². The molecule has 0 aliphatic rings. The fourth-order valence-electron chi connectivity index (χ4n) is 1.91. The normalized spacial score (nSPS) is 12.9. The summed E-state index contributed by atoms with van der Waals surface area (Å²) in [6.07, 6.45) is 0.261. The van der Waals surface area contributed by atoms with Crippen LogP contribution in [-0.4, -0.2) is 22.1 Å². The van der Waals surface area contributed by atoms with E-state index in [1.165, 1.54) is 0 Å². The fourth-order valence-corrected chi connectivity index (χ4v) is 2.64. The topological polar surface area (TPSA) is 79.1 Å².